The Kier molecular flexibility index (Phi) is 13.9. The Bertz CT molecular complexity index is 3250. The molecule has 15 nitrogen and oxygen atoms in total. The van der Waals surface area contributed by atoms with Gasteiger partial charge in [-0.2, -0.15) is 5.10 Å². The molecule has 0 radical (unpaired) electrons. The molecule has 3 aliphatic heterocycles. The van der Waals surface area contributed by atoms with Crippen LogP contribution in [0, 0.1) is 18.8 Å². The highest BCUT2D eigenvalue weighted by atomic mass is 32.1. The van der Waals surface area contributed by atoms with E-state index >= 15 is 0 Å². The van der Waals surface area contributed by atoms with E-state index in [0.717, 1.165) is 113 Å². The number of fused-ring (bicyclic) bond motifs is 3. The van der Waals surface area contributed by atoms with E-state index in [2.05, 4.69) is 61.5 Å². The number of hydrogen-bond acceptors (Lipinski definition) is 12. The van der Waals surface area contributed by atoms with Crippen LogP contribution in [0.15, 0.2) is 91.0 Å². The number of ether oxygens (including phenoxy) is 1. The maximum atomic E-state index is 13.7. The first-order valence-corrected chi connectivity index (χ1v) is 27.0. The molecule has 1 saturated carbocycles. The minimum Gasteiger partial charge on any atom is -0.490 e. The van der Waals surface area contributed by atoms with E-state index in [1.54, 1.807) is 0 Å². The highest BCUT2D eigenvalue weighted by Gasteiger charge is 2.33. The lowest BCUT2D eigenvalue weighted by atomic mass is 9.81. The Labute approximate surface area is 434 Å². The fourth-order valence-corrected chi connectivity index (χ4v) is 12.6. The van der Waals surface area contributed by atoms with Crippen LogP contribution in [0.4, 0.5) is 16.6 Å². The van der Waals surface area contributed by atoms with E-state index < -0.39 is 11.9 Å². The van der Waals surface area contributed by atoms with E-state index in [1.165, 1.54) is 29.9 Å². The molecule has 2 saturated heterocycles. The Morgan fingerprint density at radius 1 is 0.865 bits per heavy atom. The first-order valence-electron chi connectivity index (χ1n) is 26.2. The number of thiazole rings is 1. The Morgan fingerprint density at radius 2 is 1.68 bits per heavy atom. The van der Waals surface area contributed by atoms with Crippen molar-refractivity contribution in [2.45, 2.75) is 90.2 Å². The number of nitrogens with zero attached hydrogens (tertiary/aromatic N) is 7. The minimum atomic E-state index is -1.10. The summed E-state index contributed by atoms with van der Waals surface area (Å²) in [5.74, 6) is 0.432. The third-order valence-corrected chi connectivity index (χ3v) is 16.9. The van der Waals surface area contributed by atoms with Crippen molar-refractivity contribution in [2.75, 3.05) is 54.4 Å². The second-order valence-corrected chi connectivity index (χ2v) is 21.8. The molecule has 6 heterocycles. The molecule has 0 bridgehead atoms. The Hall–Kier alpha value is -7.17. The van der Waals surface area contributed by atoms with Gasteiger partial charge in [0.05, 0.1) is 33.4 Å². The number of nitrogens with one attached hydrogen (secondary N) is 2. The van der Waals surface area contributed by atoms with Crippen LogP contribution in [0.1, 0.15) is 107 Å². The average Bonchev–Trinajstić information content (AvgIpc) is 3.98. The maximum Gasteiger partial charge on any atom is 0.355 e. The summed E-state index contributed by atoms with van der Waals surface area (Å²) in [5, 5.41) is 22.3. The number of aromatic nitrogens is 4. The van der Waals surface area contributed by atoms with E-state index in [9.17, 15) is 24.3 Å². The highest BCUT2D eigenvalue weighted by molar-refractivity contribution is 7.22. The lowest BCUT2D eigenvalue weighted by Gasteiger charge is -2.37. The summed E-state index contributed by atoms with van der Waals surface area (Å²) >= 11 is 1.44. The number of carbonyl (C=O) groups is 4. The normalized spacial score (nSPS) is 19.9. The number of carbonyl (C=O) groups excluding carboxylic acids is 3. The van der Waals surface area contributed by atoms with Crippen LogP contribution in [0.2, 0.25) is 0 Å². The van der Waals surface area contributed by atoms with Gasteiger partial charge in [0.15, 0.2) is 10.8 Å². The molecule has 2 atom stereocenters. The van der Waals surface area contributed by atoms with Gasteiger partial charge in [0, 0.05) is 74.9 Å². The van der Waals surface area contributed by atoms with Gasteiger partial charge in [-0.15, -0.1) is 0 Å². The third kappa shape index (κ3) is 10.2. The van der Waals surface area contributed by atoms with Crippen molar-refractivity contribution in [3.63, 3.8) is 0 Å². The SMILES string of the molecule is Cc1c(OC2CCC(CC(C)CCN3CCN(c4ccc5c(C6CCC(=O)NC6=O)nn(C)c5c4)CC3)CC2)cccc1-c1ccc(N2CCc3cccc(C(=O)Nc4nc5ccccc5s4)c3C2)nc1C(=O)O. The number of aromatic carboxylic acids is 1. The molecule has 0 spiro atoms. The first-order chi connectivity index (χ1) is 35.9. The molecule has 74 heavy (non-hydrogen) atoms. The Morgan fingerprint density at radius 3 is 2.47 bits per heavy atom. The van der Waals surface area contributed by atoms with Gasteiger partial charge < -0.3 is 19.6 Å². The van der Waals surface area contributed by atoms with Crippen LogP contribution in [0.25, 0.3) is 32.2 Å². The molecule has 7 aromatic rings. The standard InChI is InChI=1S/C58H63N9O6S/c1-35(24-26-65-28-30-66(31-29-65)39-16-19-44-48(33-39)64(3)63-53(44)45-21-23-52(68)61-56(45)70)32-37-14-17-40(18-15-37)73-49-12-7-9-41(36(49)2)42-20-22-51(60-54(42)57(71)72)67-27-25-38-8-6-10-43(46(38)34-67)55(69)62-58-59-47-11-4-5-13-50(47)74-58/h4-13,16,19-20,22,33,35,37,40,45H,14-15,17-18,21,23-32,34H2,1-3H3,(H,71,72)(H,59,62,69)(H,61,68,70). The number of piperidine rings is 1. The number of anilines is 3. The summed E-state index contributed by atoms with van der Waals surface area (Å²) < 4.78 is 9.57. The van der Waals surface area contributed by atoms with E-state index in [-0.39, 0.29) is 29.5 Å². The second-order valence-electron chi connectivity index (χ2n) is 20.8. The molecule has 1 aliphatic carbocycles. The van der Waals surface area contributed by atoms with Gasteiger partial charge in [-0.1, -0.05) is 54.7 Å². The predicted molar refractivity (Wildman–Crippen MR) is 289 cm³/mol. The predicted octanol–water partition coefficient (Wildman–Crippen LogP) is 9.76. The third-order valence-electron chi connectivity index (χ3n) is 15.9. The number of rotatable bonds is 14. The topological polar surface area (TPSA) is 175 Å². The van der Waals surface area contributed by atoms with Gasteiger partial charge >= 0.3 is 5.97 Å². The summed E-state index contributed by atoms with van der Waals surface area (Å²) in [6, 6.07) is 29.6. The monoisotopic (exact) mass is 1010 g/mol. The summed E-state index contributed by atoms with van der Waals surface area (Å²) in [4.78, 5) is 67.4. The summed E-state index contributed by atoms with van der Waals surface area (Å²) in [7, 11) is 1.92. The van der Waals surface area contributed by atoms with Crippen molar-refractivity contribution in [1.82, 2.24) is 30.0 Å². The molecule has 4 aliphatic rings. The van der Waals surface area contributed by atoms with Crippen molar-refractivity contribution in [2.24, 2.45) is 18.9 Å². The number of benzene rings is 4. The summed E-state index contributed by atoms with van der Waals surface area (Å²) in [6.45, 7) is 10.5. The van der Waals surface area contributed by atoms with Crippen LogP contribution in [0.5, 0.6) is 5.75 Å². The van der Waals surface area contributed by atoms with Crippen molar-refractivity contribution in [3.05, 3.63) is 125 Å². The van der Waals surface area contributed by atoms with Crippen molar-refractivity contribution < 1.29 is 29.0 Å². The number of imide groups is 1. The smallest absolute Gasteiger partial charge is 0.355 e. The van der Waals surface area contributed by atoms with Crippen molar-refractivity contribution >= 4 is 72.8 Å². The number of pyridine rings is 1. The maximum absolute atomic E-state index is 13.7. The van der Waals surface area contributed by atoms with Gasteiger partial charge in [0.2, 0.25) is 11.8 Å². The fourth-order valence-electron chi connectivity index (χ4n) is 11.8. The van der Waals surface area contributed by atoms with Crippen LogP contribution < -0.4 is 25.2 Å². The summed E-state index contributed by atoms with van der Waals surface area (Å²) in [5.41, 5.74) is 8.52. The molecule has 16 heteroatoms. The number of piperazine rings is 1. The van der Waals surface area contributed by atoms with Crippen LogP contribution in [0.3, 0.4) is 0 Å². The number of carboxylic acids is 1. The number of aryl methyl sites for hydroxylation is 1. The Balaban J connectivity index is 0.657. The molecular formula is C58H63N9O6S. The molecule has 3 N–H and O–H groups in total. The van der Waals surface area contributed by atoms with Crippen molar-refractivity contribution in [1.29, 1.82) is 0 Å². The molecule has 3 fully saturated rings. The van der Waals surface area contributed by atoms with E-state index in [0.29, 0.717) is 66.3 Å². The largest absolute Gasteiger partial charge is 0.490 e. The fraction of sp³-hybridized carbons (Fsp3) is 0.397. The van der Waals surface area contributed by atoms with Gasteiger partial charge in [0.25, 0.3) is 5.91 Å². The molecule has 4 aromatic carbocycles. The minimum absolute atomic E-state index is 0.0177. The quantitative estimate of drug-likeness (QED) is 0.0882. The van der Waals surface area contributed by atoms with Crippen LogP contribution in [-0.4, -0.2) is 98.8 Å². The second kappa shape index (κ2) is 21.0. The molecular weight excluding hydrogens is 951 g/mol. The lowest BCUT2D eigenvalue weighted by Crippen LogP contribution is -2.46. The van der Waals surface area contributed by atoms with Crippen LogP contribution in [-0.2, 0) is 29.6 Å². The highest BCUT2D eigenvalue weighted by Crippen LogP contribution is 2.38. The zero-order chi connectivity index (χ0) is 51.0. The van der Waals surface area contributed by atoms with Crippen molar-refractivity contribution in [3.8, 4) is 16.9 Å². The van der Waals surface area contributed by atoms with Gasteiger partial charge in [0.1, 0.15) is 11.6 Å². The molecule has 382 valence electrons. The van der Waals surface area contributed by atoms with Gasteiger partial charge in [-0.05, 0) is 154 Å². The van der Waals surface area contributed by atoms with E-state index in [4.69, 9.17) is 14.8 Å². The molecule has 2 unspecified atom stereocenters. The molecule has 3 amide bonds. The van der Waals surface area contributed by atoms with Gasteiger partial charge in [-0.3, -0.25) is 34.6 Å². The van der Waals surface area contributed by atoms with Gasteiger partial charge in [-0.25, -0.2) is 14.8 Å². The van der Waals surface area contributed by atoms with Crippen LogP contribution >= 0.6 is 11.3 Å². The van der Waals surface area contributed by atoms with E-state index in [1.807, 2.05) is 85.4 Å². The molecule has 11 rings (SSSR count). The lowest BCUT2D eigenvalue weighted by molar-refractivity contribution is -0.134. The molecule has 3 aromatic heterocycles. The zero-order valence-corrected chi connectivity index (χ0v) is 43.1. The summed E-state index contributed by atoms with van der Waals surface area (Å²) in [6.07, 6.45) is 8.27. The number of hydrogen-bond donors (Lipinski definition) is 3. The number of carboxylic acid groups (broad SMARTS) is 1. The average molecular weight is 1010 g/mol. The number of para-hydroxylation sites is 1. The first kappa shape index (κ1) is 49.1. The number of amides is 3. The zero-order valence-electron chi connectivity index (χ0n) is 42.3.